The highest BCUT2D eigenvalue weighted by molar-refractivity contribution is 7.10. The highest BCUT2D eigenvalue weighted by atomic mass is 32.1. The van der Waals surface area contributed by atoms with Gasteiger partial charge in [0.25, 0.3) is 0 Å². The monoisotopic (exact) mass is 248 g/mol. The average Bonchev–Trinajstić information content (AvgIpc) is 2.76. The number of nitrogens with two attached hydrogens (primary N) is 1. The van der Waals surface area contributed by atoms with Gasteiger partial charge in [0.1, 0.15) is 5.75 Å². The van der Waals surface area contributed by atoms with Gasteiger partial charge < -0.3 is 15.8 Å². The number of ether oxygens (including phenoxy) is 1. The molecule has 1 aromatic carbocycles. The predicted molar refractivity (Wildman–Crippen MR) is 72.3 cm³/mol. The molecule has 3 N–H and O–H groups in total. The molecular formula is C13H16N2OS. The molecule has 0 saturated carbocycles. The summed E-state index contributed by atoms with van der Waals surface area (Å²) in [6.07, 6.45) is 0. The van der Waals surface area contributed by atoms with Crippen molar-refractivity contribution in [1.82, 2.24) is 5.32 Å². The third kappa shape index (κ3) is 3.22. The van der Waals surface area contributed by atoms with Crippen LogP contribution in [0.15, 0.2) is 35.7 Å². The molecule has 0 amide bonds. The zero-order valence-electron chi connectivity index (χ0n) is 9.77. The molecule has 3 nitrogen and oxygen atoms in total. The maximum Gasteiger partial charge on any atom is 0.119 e. The Labute approximate surface area is 105 Å². The van der Waals surface area contributed by atoms with Crippen molar-refractivity contribution in [2.24, 2.45) is 0 Å². The van der Waals surface area contributed by atoms with E-state index in [4.69, 9.17) is 10.5 Å². The maximum atomic E-state index is 5.82. The third-order valence-electron chi connectivity index (χ3n) is 2.53. The maximum absolute atomic E-state index is 5.82. The van der Waals surface area contributed by atoms with Gasteiger partial charge in [0.15, 0.2) is 0 Å². The molecule has 4 heteroatoms. The van der Waals surface area contributed by atoms with E-state index in [2.05, 4.69) is 11.4 Å². The van der Waals surface area contributed by atoms with Crippen molar-refractivity contribution in [3.05, 3.63) is 46.2 Å². The normalized spacial score (nSPS) is 10.4. The number of hydrogen-bond acceptors (Lipinski definition) is 4. The Balaban J connectivity index is 1.87. The topological polar surface area (TPSA) is 47.3 Å². The number of thiophene rings is 1. The lowest BCUT2D eigenvalue weighted by atomic mass is 10.2. The van der Waals surface area contributed by atoms with E-state index in [1.54, 1.807) is 18.4 Å². The summed E-state index contributed by atoms with van der Waals surface area (Å²) in [6.45, 7) is 1.62. The molecule has 0 atom stereocenters. The first-order valence-electron chi connectivity index (χ1n) is 5.45. The van der Waals surface area contributed by atoms with Crippen molar-refractivity contribution < 1.29 is 4.74 Å². The van der Waals surface area contributed by atoms with Gasteiger partial charge in [-0.3, -0.25) is 0 Å². The highest BCUT2D eigenvalue weighted by Crippen LogP contribution is 2.18. The van der Waals surface area contributed by atoms with E-state index >= 15 is 0 Å². The molecule has 0 aliphatic heterocycles. The lowest BCUT2D eigenvalue weighted by molar-refractivity contribution is 0.414. The first-order valence-corrected chi connectivity index (χ1v) is 6.33. The fourth-order valence-electron chi connectivity index (χ4n) is 1.60. The lowest BCUT2D eigenvalue weighted by Crippen LogP contribution is -2.12. The molecule has 0 aliphatic carbocycles. The van der Waals surface area contributed by atoms with Gasteiger partial charge in [-0.15, -0.1) is 11.3 Å². The number of methoxy groups -OCH3 is 1. The third-order valence-corrected chi connectivity index (χ3v) is 3.47. The average molecular weight is 248 g/mol. The van der Waals surface area contributed by atoms with Crippen LogP contribution in [0.25, 0.3) is 0 Å². The molecule has 2 aromatic rings. The molecule has 0 bridgehead atoms. The van der Waals surface area contributed by atoms with Crippen LogP contribution in [-0.2, 0) is 13.1 Å². The Morgan fingerprint density at radius 2 is 2.18 bits per heavy atom. The summed E-state index contributed by atoms with van der Waals surface area (Å²) in [6, 6.07) is 9.99. The minimum absolute atomic E-state index is 0.806. The summed E-state index contributed by atoms with van der Waals surface area (Å²) < 4.78 is 5.18. The predicted octanol–water partition coefficient (Wildman–Crippen LogP) is 2.63. The standard InChI is InChI=1S/C13H16N2OS/c1-16-11-4-2-3-10(7-11)8-15-9-13-12(14)5-6-17-13/h2-7,15H,8-9,14H2,1H3. The summed E-state index contributed by atoms with van der Waals surface area (Å²) in [7, 11) is 1.68. The summed E-state index contributed by atoms with van der Waals surface area (Å²) in [5.41, 5.74) is 7.89. The number of benzene rings is 1. The Morgan fingerprint density at radius 1 is 1.29 bits per heavy atom. The molecule has 0 aliphatic rings. The second-order valence-electron chi connectivity index (χ2n) is 3.75. The molecule has 0 spiro atoms. The zero-order valence-corrected chi connectivity index (χ0v) is 10.6. The molecule has 1 heterocycles. The molecule has 0 fully saturated rings. The Kier molecular flexibility index (Phi) is 4.01. The number of nitrogens with one attached hydrogen (secondary N) is 1. The van der Waals surface area contributed by atoms with E-state index in [0.717, 1.165) is 24.5 Å². The van der Waals surface area contributed by atoms with Crippen LogP contribution in [0.2, 0.25) is 0 Å². The van der Waals surface area contributed by atoms with Crippen LogP contribution in [-0.4, -0.2) is 7.11 Å². The van der Waals surface area contributed by atoms with E-state index in [1.807, 2.05) is 29.6 Å². The zero-order chi connectivity index (χ0) is 12.1. The van der Waals surface area contributed by atoms with Gasteiger partial charge >= 0.3 is 0 Å². The van der Waals surface area contributed by atoms with Crippen molar-refractivity contribution in [1.29, 1.82) is 0 Å². The minimum Gasteiger partial charge on any atom is -0.497 e. The number of nitrogen functional groups attached to an aromatic ring is 1. The van der Waals surface area contributed by atoms with Crippen LogP contribution in [0.4, 0.5) is 5.69 Å². The van der Waals surface area contributed by atoms with Crippen LogP contribution in [0.1, 0.15) is 10.4 Å². The van der Waals surface area contributed by atoms with Gasteiger partial charge in [-0.1, -0.05) is 12.1 Å². The Morgan fingerprint density at radius 3 is 2.88 bits per heavy atom. The molecular weight excluding hydrogens is 232 g/mol. The first kappa shape index (κ1) is 12.0. The molecule has 0 radical (unpaired) electrons. The lowest BCUT2D eigenvalue weighted by Gasteiger charge is -2.06. The fraction of sp³-hybridized carbons (Fsp3) is 0.231. The summed E-state index contributed by atoms with van der Waals surface area (Å²) in [4.78, 5) is 1.19. The van der Waals surface area contributed by atoms with E-state index in [0.29, 0.717) is 0 Å². The Hall–Kier alpha value is -1.52. The van der Waals surface area contributed by atoms with Gasteiger partial charge in [0.05, 0.1) is 7.11 Å². The number of anilines is 1. The molecule has 0 saturated heterocycles. The molecule has 17 heavy (non-hydrogen) atoms. The molecule has 2 rings (SSSR count). The van der Waals surface area contributed by atoms with Gasteiger partial charge in [-0.25, -0.2) is 0 Å². The first-order chi connectivity index (χ1) is 8.29. The van der Waals surface area contributed by atoms with Gasteiger partial charge in [-0.05, 0) is 29.1 Å². The summed E-state index contributed by atoms with van der Waals surface area (Å²) >= 11 is 1.68. The van der Waals surface area contributed by atoms with Crippen molar-refractivity contribution in [3.63, 3.8) is 0 Å². The van der Waals surface area contributed by atoms with Crippen LogP contribution in [0, 0.1) is 0 Å². The van der Waals surface area contributed by atoms with Gasteiger partial charge in [-0.2, -0.15) is 0 Å². The van der Waals surface area contributed by atoms with Crippen LogP contribution >= 0.6 is 11.3 Å². The smallest absolute Gasteiger partial charge is 0.119 e. The van der Waals surface area contributed by atoms with E-state index in [9.17, 15) is 0 Å². The molecule has 0 unspecified atom stereocenters. The summed E-state index contributed by atoms with van der Waals surface area (Å²) in [5, 5.41) is 5.38. The number of rotatable bonds is 5. The van der Waals surface area contributed by atoms with Gasteiger partial charge in [0.2, 0.25) is 0 Å². The highest BCUT2D eigenvalue weighted by Gasteiger charge is 2.00. The van der Waals surface area contributed by atoms with Crippen LogP contribution in [0.3, 0.4) is 0 Å². The largest absolute Gasteiger partial charge is 0.497 e. The van der Waals surface area contributed by atoms with E-state index < -0.39 is 0 Å². The van der Waals surface area contributed by atoms with Crippen molar-refractivity contribution >= 4 is 17.0 Å². The second kappa shape index (κ2) is 5.70. The van der Waals surface area contributed by atoms with Crippen molar-refractivity contribution in [2.45, 2.75) is 13.1 Å². The van der Waals surface area contributed by atoms with Crippen LogP contribution in [0.5, 0.6) is 5.75 Å². The molecule has 1 aromatic heterocycles. The SMILES string of the molecule is COc1cccc(CNCc2sccc2N)c1. The fourth-order valence-corrected chi connectivity index (χ4v) is 2.37. The Bertz CT molecular complexity index is 482. The van der Waals surface area contributed by atoms with E-state index in [1.165, 1.54) is 10.4 Å². The van der Waals surface area contributed by atoms with Crippen molar-refractivity contribution in [3.8, 4) is 5.75 Å². The minimum atomic E-state index is 0.806. The van der Waals surface area contributed by atoms with Crippen molar-refractivity contribution in [2.75, 3.05) is 12.8 Å². The number of hydrogen-bond donors (Lipinski definition) is 2. The van der Waals surface area contributed by atoms with Crippen LogP contribution < -0.4 is 15.8 Å². The van der Waals surface area contributed by atoms with Gasteiger partial charge in [0, 0.05) is 23.7 Å². The second-order valence-corrected chi connectivity index (χ2v) is 4.75. The van der Waals surface area contributed by atoms with E-state index in [-0.39, 0.29) is 0 Å². The summed E-state index contributed by atoms with van der Waals surface area (Å²) in [5.74, 6) is 0.889. The molecule has 90 valence electrons. The quantitative estimate of drug-likeness (QED) is 0.855.